The number of anilines is 1. The summed E-state index contributed by atoms with van der Waals surface area (Å²) in [5.41, 5.74) is 0. The van der Waals surface area contributed by atoms with Crippen LogP contribution in [0.3, 0.4) is 0 Å². The lowest BCUT2D eigenvalue weighted by molar-refractivity contribution is -0.135. The van der Waals surface area contributed by atoms with E-state index < -0.39 is 0 Å². The molecule has 7 nitrogen and oxygen atoms in total. The minimum absolute atomic E-state index is 0.141. The van der Waals surface area contributed by atoms with E-state index in [0.29, 0.717) is 25.6 Å². The van der Waals surface area contributed by atoms with Crippen LogP contribution < -0.4 is 4.90 Å². The van der Waals surface area contributed by atoms with Crippen LogP contribution in [0.15, 0.2) is 18.5 Å². The molecule has 3 heterocycles. The topological polar surface area (TPSA) is 69.6 Å². The van der Waals surface area contributed by atoms with E-state index in [1.165, 1.54) is 0 Å². The summed E-state index contributed by atoms with van der Waals surface area (Å²) < 4.78 is 0. The lowest BCUT2D eigenvalue weighted by Gasteiger charge is -2.24. The average molecular weight is 329 g/mol. The van der Waals surface area contributed by atoms with Crippen LogP contribution in [-0.2, 0) is 9.59 Å². The summed E-state index contributed by atoms with van der Waals surface area (Å²) >= 11 is 0. The van der Waals surface area contributed by atoms with Gasteiger partial charge in [0.15, 0.2) is 0 Å². The molecule has 2 aliphatic heterocycles. The first-order chi connectivity index (χ1) is 11.7. The van der Waals surface area contributed by atoms with E-state index in [-0.39, 0.29) is 17.7 Å². The summed E-state index contributed by atoms with van der Waals surface area (Å²) in [5, 5.41) is 0. The van der Waals surface area contributed by atoms with Gasteiger partial charge >= 0.3 is 0 Å². The summed E-state index contributed by atoms with van der Waals surface area (Å²) in [6, 6.07) is 2.21. The number of carbonyl (C=O) groups is 2. The van der Waals surface area contributed by atoms with Crippen LogP contribution in [0.4, 0.5) is 5.95 Å². The molecule has 0 radical (unpaired) electrons. The third-order valence-corrected chi connectivity index (χ3v) is 5.14. The maximum absolute atomic E-state index is 12.8. The van der Waals surface area contributed by atoms with Crippen LogP contribution >= 0.6 is 0 Å². The van der Waals surface area contributed by atoms with Crippen molar-refractivity contribution in [2.24, 2.45) is 5.92 Å². The van der Waals surface area contributed by atoms with Gasteiger partial charge in [-0.15, -0.1) is 0 Å². The summed E-state index contributed by atoms with van der Waals surface area (Å²) in [6.07, 6.45) is 6.97. The number of likely N-dealkylation sites (tertiary alicyclic amines) is 1. The van der Waals surface area contributed by atoms with Gasteiger partial charge < -0.3 is 14.7 Å². The number of amides is 2. The Morgan fingerprint density at radius 2 is 1.88 bits per heavy atom. The van der Waals surface area contributed by atoms with Crippen molar-refractivity contribution >= 4 is 17.8 Å². The molecule has 2 saturated heterocycles. The number of aromatic nitrogens is 2. The normalized spacial score (nSPS) is 25.1. The second-order valence-corrected chi connectivity index (χ2v) is 6.89. The zero-order valence-corrected chi connectivity index (χ0v) is 13.8. The van der Waals surface area contributed by atoms with Crippen LogP contribution in [-0.4, -0.2) is 70.3 Å². The number of hydrogen-bond donors (Lipinski definition) is 0. The summed E-state index contributed by atoms with van der Waals surface area (Å²) in [5.74, 6) is 0.868. The predicted molar refractivity (Wildman–Crippen MR) is 88.3 cm³/mol. The first-order valence-electron chi connectivity index (χ1n) is 8.82. The summed E-state index contributed by atoms with van der Waals surface area (Å²) in [7, 11) is 0. The quantitative estimate of drug-likeness (QED) is 0.809. The highest BCUT2D eigenvalue weighted by Gasteiger charge is 2.42. The van der Waals surface area contributed by atoms with Crippen LogP contribution in [0, 0.1) is 5.92 Å². The van der Waals surface area contributed by atoms with Gasteiger partial charge in [0.1, 0.15) is 0 Å². The lowest BCUT2D eigenvalue weighted by atomic mass is 10.1. The second-order valence-electron chi connectivity index (χ2n) is 6.89. The molecule has 1 saturated carbocycles. The summed E-state index contributed by atoms with van der Waals surface area (Å²) in [4.78, 5) is 39.5. The fourth-order valence-corrected chi connectivity index (χ4v) is 3.69. The standard InChI is InChI=1S/C17H23N5O2/c23-15-11-13(12-22(15)14-3-4-14)16(24)20-7-2-8-21(10-9-20)17-18-5-1-6-19-17/h1,5-6,13-14H,2-4,7-12H2/t13-/m1/s1. The minimum Gasteiger partial charge on any atom is -0.341 e. The molecule has 1 aliphatic carbocycles. The number of nitrogens with zero attached hydrogens (tertiary/aromatic N) is 5. The fourth-order valence-electron chi connectivity index (χ4n) is 3.69. The van der Waals surface area contributed by atoms with Crippen molar-refractivity contribution < 1.29 is 9.59 Å². The molecule has 128 valence electrons. The molecule has 1 aromatic rings. The minimum atomic E-state index is -0.155. The van der Waals surface area contributed by atoms with Crippen molar-refractivity contribution in [3.05, 3.63) is 18.5 Å². The molecule has 1 atom stereocenters. The van der Waals surface area contributed by atoms with Crippen molar-refractivity contribution in [3.8, 4) is 0 Å². The molecule has 1 aromatic heterocycles. The molecular formula is C17H23N5O2. The van der Waals surface area contributed by atoms with Gasteiger partial charge in [-0.2, -0.15) is 0 Å². The van der Waals surface area contributed by atoms with Crippen LogP contribution in [0.1, 0.15) is 25.7 Å². The molecule has 7 heteroatoms. The zero-order chi connectivity index (χ0) is 16.5. The van der Waals surface area contributed by atoms with Gasteiger partial charge in [0.05, 0.1) is 5.92 Å². The highest BCUT2D eigenvalue weighted by Crippen LogP contribution is 2.33. The van der Waals surface area contributed by atoms with E-state index in [1.807, 2.05) is 9.80 Å². The molecule has 4 rings (SSSR count). The Bertz CT molecular complexity index is 619. The molecule has 3 aliphatic rings. The average Bonchev–Trinajstić information content (AvgIpc) is 3.41. The third kappa shape index (κ3) is 3.07. The Kier molecular flexibility index (Phi) is 4.08. The van der Waals surface area contributed by atoms with Crippen LogP contribution in [0.5, 0.6) is 0 Å². The van der Waals surface area contributed by atoms with Gasteiger partial charge in [-0.05, 0) is 25.3 Å². The Labute approximate surface area is 141 Å². The first-order valence-corrected chi connectivity index (χ1v) is 8.82. The Balaban J connectivity index is 1.37. The van der Waals surface area contributed by atoms with E-state index in [2.05, 4.69) is 14.9 Å². The van der Waals surface area contributed by atoms with Gasteiger partial charge in [-0.1, -0.05) is 0 Å². The Morgan fingerprint density at radius 1 is 1.08 bits per heavy atom. The molecule has 24 heavy (non-hydrogen) atoms. The number of hydrogen-bond acceptors (Lipinski definition) is 5. The van der Waals surface area contributed by atoms with Crippen molar-refractivity contribution in [2.45, 2.75) is 31.7 Å². The van der Waals surface area contributed by atoms with Crippen LogP contribution in [0.25, 0.3) is 0 Å². The van der Waals surface area contributed by atoms with E-state index >= 15 is 0 Å². The molecule has 0 N–H and O–H groups in total. The molecule has 0 spiro atoms. The van der Waals surface area contributed by atoms with Crippen molar-refractivity contribution in [1.82, 2.24) is 19.8 Å². The monoisotopic (exact) mass is 329 g/mol. The van der Waals surface area contributed by atoms with E-state index in [0.717, 1.165) is 44.8 Å². The second kappa shape index (κ2) is 6.37. The SMILES string of the molecule is O=C([C@@H]1CC(=O)N(C2CC2)C1)N1CCCN(c2ncccn2)CC1. The lowest BCUT2D eigenvalue weighted by Crippen LogP contribution is -2.40. The van der Waals surface area contributed by atoms with Crippen molar-refractivity contribution in [3.63, 3.8) is 0 Å². The molecule has 0 bridgehead atoms. The Hall–Kier alpha value is -2.18. The highest BCUT2D eigenvalue weighted by atomic mass is 16.2. The van der Waals surface area contributed by atoms with Gasteiger partial charge in [0.25, 0.3) is 0 Å². The molecular weight excluding hydrogens is 306 g/mol. The summed E-state index contributed by atoms with van der Waals surface area (Å²) in [6.45, 7) is 3.63. The largest absolute Gasteiger partial charge is 0.341 e. The molecule has 0 aromatic carbocycles. The Morgan fingerprint density at radius 3 is 2.62 bits per heavy atom. The van der Waals surface area contributed by atoms with E-state index in [1.54, 1.807) is 18.5 Å². The predicted octanol–water partition coefficient (Wildman–Crippen LogP) is 0.526. The van der Waals surface area contributed by atoms with Crippen molar-refractivity contribution in [1.29, 1.82) is 0 Å². The van der Waals surface area contributed by atoms with Crippen molar-refractivity contribution in [2.75, 3.05) is 37.6 Å². The number of carbonyl (C=O) groups excluding carboxylic acids is 2. The first kappa shape index (κ1) is 15.4. The van der Waals surface area contributed by atoms with Gasteiger partial charge in [-0.25, -0.2) is 9.97 Å². The fraction of sp³-hybridized carbons (Fsp3) is 0.647. The van der Waals surface area contributed by atoms with Gasteiger partial charge in [-0.3, -0.25) is 9.59 Å². The maximum Gasteiger partial charge on any atom is 0.228 e. The zero-order valence-electron chi connectivity index (χ0n) is 13.8. The third-order valence-electron chi connectivity index (χ3n) is 5.14. The van der Waals surface area contributed by atoms with Gasteiger partial charge in [0.2, 0.25) is 17.8 Å². The van der Waals surface area contributed by atoms with E-state index in [9.17, 15) is 9.59 Å². The maximum atomic E-state index is 12.8. The molecule has 2 amide bonds. The van der Waals surface area contributed by atoms with E-state index in [4.69, 9.17) is 0 Å². The highest BCUT2D eigenvalue weighted by molar-refractivity contribution is 5.89. The molecule has 0 unspecified atom stereocenters. The molecule has 3 fully saturated rings. The number of rotatable bonds is 3. The smallest absolute Gasteiger partial charge is 0.228 e. The van der Waals surface area contributed by atoms with Crippen LogP contribution in [0.2, 0.25) is 0 Å². The van der Waals surface area contributed by atoms with Gasteiger partial charge in [0, 0.05) is 57.6 Å².